The summed E-state index contributed by atoms with van der Waals surface area (Å²) in [5.41, 5.74) is -2.26. The molecule has 2 N–H and O–H groups in total. The van der Waals surface area contributed by atoms with Crippen LogP contribution in [0.25, 0.3) is 0 Å². The summed E-state index contributed by atoms with van der Waals surface area (Å²) in [4.78, 5) is 46.9. The number of nitrogens with one attached hydrogen (secondary N) is 2. The van der Waals surface area contributed by atoms with Crippen molar-refractivity contribution in [1.29, 1.82) is 0 Å². The summed E-state index contributed by atoms with van der Waals surface area (Å²) in [6.07, 6.45) is 0.559. The largest absolute Gasteiger partial charge is 0.460 e. The molecule has 9 heteroatoms. The molecule has 1 heterocycles. The minimum Gasteiger partial charge on any atom is -0.460 e. The van der Waals surface area contributed by atoms with Crippen LogP contribution < -0.4 is 16.6 Å². The van der Waals surface area contributed by atoms with E-state index in [1.54, 1.807) is 0 Å². The van der Waals surface area contributed by atoms with Crippen LogP contribution >= 0.6 is 0 Å². The van der Waals surface area contributed by atoms with Crippen LogP contribution in [0.5, 0.6) is 0 Å². The molecule has 0 unspecified atom stereocenters. The van der Waals surface area contributed by atoms with Crippen molar-refractivity contribution in [3.63, 3.8) is 0 Å². The number of halogens is 1. The molecule has 1 rings (SSSR count). The van der Waals surface area contributed by atoms with Crippen molar-refractivity contribution in [2.45, 2.75) is 6.92 Å². The summed E-state index contributed by atoms with van der Waals surface area (Å²) in [6, 6.07) is -1.12. The van der Waals surface area contributed by atoms with Gasteiger partial charge in [0.25, 0.3) is 0 Å². The van der Waals surface area contributed by atoms with Crippen molar-refractivity contribution >= 4 is 12.0 Å². The minimum absolute atomic E-state index is 0.0654. The quantitative estimate of drug-likeness (QED) is 0.434. The molecule has 0 atom stereocenters. The second-order valence-corrected chi connectivity index (χ2v) is 3.73. The highest BCUT2D eigenvalue weighted by Gasteiger charge is 2.14. The zero-order valence-electron chi connectivity index (χ0n) is 10.6. The molecule has 0 bridgehead atoms. The summed E-state index contributed by atoms with van der Waals surface area (Å²) in [7, 11) is 0. The Morgan fingerprint density at radius 1 is 1.50 bits per heavy atom. The Hall–Kier alpha value is -2.71. The molecule has 1 aromatic rings. The van der Waals surface area contributed by atoms with E-state index in [9.17, 15) is 23.6 Å². The van der Waals surface area contributed by atoms with Crippen LogP contribution in [0, 0.1) is 5.82 Å². The number of carbonyl (C=O) groups excluding carboxylic acids is 2. The van der Waals surface area contributed by atoms with E-state index in [4.69, 9.17) is 0 Å². The van der Waals surface area contributed by atoms with Crippen molar-refractivity contribution in [2.24, 2.45) is 0 Å². The van der Waals surface area contributed by atoms with Gasteiger partial charge in [0, 0.05) is 11.8 Å². The number of amides is 1. The molecule has 0 aliphatic carbocycles. The van der Waals surface area contributed by atoms with E-state index in [0.717, 1.165) is 0 Å². The van der Waals surface area contributed by atoms with Crippen molar-refractivity contribution < 1.29 is 18.7 Å². The van der Waals surface area contributed by atoms with Gasteiger partial charge in [-0.05, 0) is 6.92 Å². The van der Waals surface area contributed by atoms with E-state index in [2.05, 4.69) is 16.6 Å². The number of aromatic amines is 1. The second kappa shape index (κ2) is 6.45. The molecule has 0 spiro atoms. The second-order valence-electron chi connectivity index (χ2n) is 3.73. The van der Waals surface area contributed by atoms with Gasteiger partial charge in [0.15, 0.2) is 0 Å². The molecule has 0 radical (unpaired) electrons. The molecular formula is C11H12FN3O5. The fraction of sp³-hybridized carbons (Fsp3) is 0.273. The van der Waals surface area contributed by atoms with Crippen molar-refractivity contribution in [3.05, 3.63) is 45.0 Å². The third kappa shape index (κ3) is 3.64. The van der Waals surface area contributed by atoms with Crippen LogP contribution in [-0.4, -0.2) is 34.7 Å². The molecule has 0 aromatic carbocycles. The normalized spacial score (nSPS) is 9.90. The van der Waals surface area contributed by atoms with E-state index < -0.39 is 29.1 Å². The first kappa shape index (κ1) is 15.3. The number of ether oxygens (including phenoxy) is 1. The van der Waals surface area contributed by atoms with Gasteiger partial charge in [0.05, 0.1) is 6.54 Å². The first-order valence-corrected chi connectivity index (χ1v) is 5.45. The van der Waals surface area contributed by atoms with Gasteiger partial charge in [0.2, 0.25) is 5.82 Å². The summed E-state index contributed by atoms with van der Waals surface area (Å²) in [6.45, 7) is 4.47. The SMILES string of the molecule is C=C(C)C(=O)OCCNC(=O)n1c(=O)[nH]cc(F)c1=O. The lowest BCUT2D eigenvalue weighted by Crippen LogP contribution is -2.46. The molecule has 0 aliphatic heterocycles. The number of aromatic nitrogens is 2. The Bertz CT molecular complexity index is 661. The number of carbonyl (C=O) groups is 2. The maximum absolute atomic E-state index is 12.9. The topological polar surface area (TPSA) is 110 Å². The first-order chi connectivity index (χ1) is 9.34. The predicted octanol–water partition coefficient (Wildman–Crippen LogP) is -0.647. The molecule has 1 amide bonds. The number of hydrogen-bond acceptors (Lipinski definition) is 5. The highest BCUT2D eigenvalue weighted by atomic mass is 19.1. The van der Waals surface area contributed by atoms with Gasteiger partial charge in [0.1, 0.15) is 6.61 Å². The summed E-state index contributed by atoms with van der Waals surface area (Å²) < 4.78 is 17.7. The van der Waals surface area contributed by atoms with E-state index in [1.807, 2.05) is 4.98 Å². The van der Waals surface area contributed by atoms with Gasteiger partial charge in [-0.2, -0.15) is 8.96 Å². The van der Waals surface area contributed by atoms with Crippen molar-refractivity contribution in [1.82, 2.24) is 14.9 Å². The van der Waals surface area contributed by atoms with Crippen molar-refractivity contribution in [2.75, 3.05) is 13.2 Å². The lowest BCUT2D eigenvalue weighted by molar-refractivity contribution is -0.138. The van der Waals surface area contributed by atoms with Crippen LogP contribution in [-0.2, 0) is 9.53 Å². The minimum atomic E-state index is -1.37. The van der Waals surface area contributed by atoms with E-state index in [0.29, 0.717) is 6.20 Å². The first-order valence-electron chi connectivity index (χ1n) is 5.45. The van der Waals surface area contributed by atoms with Gasteiger partial charge in [-0.15, -0.1) is 0 Å². The van der Waals surface area contributed by atoms with E-state index in [1.165, 1.54) is 6.92 Å². The molecule has 0 fully saturated rings. The van der Waals surface area contributed by atoms with Gasteiger partial charge in [-0.25, -0.2) is 14.4 Å². The third-order valence-electron chi connectivity index (χ3n) is 2.10. The van der Waals surface area contributed by atoms with Crippen LogP contribution in [0.4, 0.5) is 9.18 Å². The number of nitrogens with zero attached hydrogens (tertiary/aromatic N) is 1. The lowest BCUT2D eigenvalue weighted by Gasteiger charge is -2.07. The molecule has 0 saturated heterocycles. The fourth-order valence-corrected chi connectivity index (χ4v) is 1.14. The van der Waals surface area contributed by atoms with E-state index in [-0.39, 0.29) is 23.3 Å². The maximum Gasteiger partial charge on any atom is 0.336 e. The Kier molecular flexibility index (Phi) is 4.95. The molecule has 1 aromatic heterocycles. The van der Waals surface area contributed by atoms with Crippen molar-refractivity contribution in [3.8, 4) is 0 Å². The standard InChI is InChI=1S/C11H12FN3O5/c1-6(2)9(17)20-4-3-13-10(18)15-8(16)7(12)5-14-11(15)19/h5H,1,3-4H2,2H3,(H,13,18)(H,14,19). The van der Waals surface area contributed by atoms with Gasteiger partial charge >= 0.3 is 23.2 Å². The summed E-state index contributed by atoms with van der Waals surface area (Å²) in [5, 5.41) is 2.13. The average Bonchev–Trinajstić information content (AvgIpc) is 2.39. The average molecular weight is 285 g/mol. The molecule has 20 heavy (non-hydrogen) atoms. The highest BCUT2D eigenvalue weighted by Crippen LogP contribution is 1.90. The van der Waals surface area contributed by atoms with Crippen LogP contribution in [0.1, 0.15) is 6.92 Å². The Morgan fingerprint density at radius 3 is 2.75 bits per heavy atom. The molecular weight excluding hydrogens is 273 g/mol. The van der Waals surface area contributed by atoms with Gasteiger partial charge in [-0.3, -0.25) is 4.79 Å². The monoisotopic (exact) mass is 285 g/mol. The summed E-state index contributed by atoms with van der Waals surface area (Å²) in [5.74, 6) is -1.91. The number of esters is 1. The molecule has 0 saturated carbocycles. The van der Waals surface area contributed by atoms with Gasteiger partial charge in [-0.1, -0.05) is 6.58 Å². The Morgan fingerprint density at radius 2 is 2.15 bits per heavy atom. The predicted molar refractivity (Wildman–Crippen MR) is 65.9 cm³/mol. The van der Waals surface area contributed by atoms with Crippen LogP contribution in [0.2, 0.25) is 0 Å². The summed E-state index contributed by atoms with van der Waals surface area (Å²) >= 11 is 0. The van der Waals surface area contributed by atoms with Crippen LogP contribution in [0.3, 0.4) is 0 Å². The Labute approximate surface area is 111 Å². The number of hydrogen-bond donors (Lipinski definition) is 2. The lowest BCUT2D eigenvalue weighted by atomic mass is 10.4. The van der Waals surface area contributed by atoms with Crippen LogP contribution in [0.15, 0.2) is 27.9 Å². The van der Waals surface area contributed by atoms with E-state index >= 15 is 0 Å². The molecule has 8 nitrogen and oxygen atoms in total. The maximum atomic E-state index is 12.9. The number of H-pyrrole nitrogens is 1. The third-order valence-corrected chi connectivity index (χ3v) is 2.10. The zero-order valence-corrected chi connectivity index (χ0v) is 10.6. The fourth-order valence-electron chi connectivity index (χ4n) is 1.14. The highest BCUT2D eigenvalue weighted by molar-refractivity contribution is 5.86. The zero-order chi connectivity index (χ0) is 15.3. The smallest absolute Gasteiger partial charge is 0.336 e. The van der Waals surface area contributed by atoms with Gasteiger partial charge < -0.3 is 15.0 Å². The Balaban J connectivity index is 2.63. The molecule has 0 aliphatic rings. The number of rotatable bonds is 4. The molecule has 108 valence electrons.